The number of hydrogen-bond donors (Lipinski definition) is 0. The summed E-state index contributed by atoms with van der Waals surface area (Å²) in [6, 6.07) is 8.97. The predicted molar refractivity (Wildman–Crippen MR) is 52.3 cm³/mol. The van der Waals surface area contributed by atoms with Gasteiger partial charge in [0.25, 0.3) is 0 Å². The second-order valence-corrected chi connectivity index (χ2v) is 4.66. The third-order valence-electron chi connectivity index (χ3n) is 2.99. The first kappa shape index (κ1) is 7.85. The largest absolute Gasteiger partial charge is 0.0593 e. The van der Waals surface area contributed by atoms with Gasteiger partial charge in [0, 0.05) is 0 Å². The lowest BCUT2D eigenvalue weighted by molar-refractivity contribution is 0.621. The number of aryl methyl sites for hydroxylation is 1. The van der Waals surface area contributed by atoms with Crippen molar-refractivity contribution in [1.82, 2.24) is 0 Å². The molecule has 0 radical (unpaired) electrons. The van der Waals surface area contributed by atoms with E-state index in [2.05, 4.69) is 45.0 Å². The summed E-state index contributed by atoms with van der Waals surface area (Å²) < 4.78 is 0. The van der Waals surface area contributed by atoms with Gasteiger partial charge in [0.15, 0.2) is 0 Å². The van der Waals surface area contributed by atoms with Crippen molar-refractivity contribution < 1.29 is 0 Å². The van der Waals surface area contributed by atoms with Crippen molar-refractivity contribution >= 4 is 0 Å². The zero-order valence-corrected chi connectivity index (χ0v) is 8.09. The van der Waals surface area contributed by atoms with Gasteiger partial charge in [-0.1, -0.05) is 43.7 Å². The maximum absolute atomic E-state index is 2.34. The summed E-state index contributed by atoms with van der Waals surface area (Å²) >= 11 is 0. The molecule has 12 heavy (non-hydrogen) atoms. The molecule has 64 valence electrons. The van der Waals surface area contributed by atoms with E-state index in [4.69, 9.17) is 0 Å². The van der Waals surface area contributed by atoms with Crippen LogP contribution in [0.5, 0.6) is 0 Å². The van der Waals surface area contributed by atoms with Crippen LogP contribution < -0.4 is 0 Å². The van der Waals surface area contributed by atoms with Crippen molar-refractivity contribution in [1.29, 1.82) is 0 Å². The maximum atomic E-state index is 2.34. The van der Waals surface area contributed by atoms with Crippen LogP contribution in [0.4, 0.5) is 0 Å². The quantitative estimate of drug-likeness (QED) is 0.589. The van der Waals surface area contributed by atoms with E-state index in [1.165, 1.54) is 17.5 Å². The Morgan fingerprint density at radius 1 is 1.17 bits per heavy atom. The Morgan fingerprint density at radius 3 is 2.08 bits per heavy atom. The van der Waals surface area contributed by atoms with Crippen LogP contribution in [0, 0.1) is 12.3 Å². The Balaban J connectivity index is 2.21. The normalized spacial score (nSPS) is 25.4. The molecule has 0 amide bonds. The minimum absolute atomic E-state index is 0.565. The van der Waals surface area contributed by atoms with Gasteiger partial charge < -0.3 is 0 Å². The zero-order valence-electron chi connectivity index (χ0n) is 8.09. The highest BCUT2D eigenvalue weighted by molar-refractivity contribution is 5.30. The molecule has 1 aromatic carbocycles. The molecule has 0 aromatic heterocycles. The van der Waals surface area contributed by atoms with Crippen LogP contribution in [0.25, 0.3) is 0 Å². The van der Waals surface area contributed by atoms with Crippen LogP contribution >= 0.6 is 0 Å². The van der Waals surface area contributed by atoms with Crippen molar-refractivity contribution in [2.75, 3.05) is 0 Å². The van der Waals surface area contributed by atoms with Crippen molar-refractivity contribution in [3.8, 4) is 0 Å². The Hall–Kier alpha value is -0.780. The standard InChI is InChI=1S/C12H16/c1-9-4-6-10(7-5-9)11-8-12(11,2)3/h4-7,11H,8H2,1-3H3/t11-/m0/s1. The van der Waals surface area contributed by atoms with Gasteiger partial charge >= 0.3 is 0 Å². The molecule has 0 heterocycles. The van der Waals surface area contributed by atoms with E-state index in [1.807, 2.05) is 0 Å². The second-order valence-electron chi connectivity index (χ2n) is 4.66. The molecular formula is C12H16. The van der Waals surface area contributed by atoms with Gasteiger partial charge in [-0.15, -0.1) is 0 Å². The molecule has 0 heteroatoms. The van der Waals surface area contributed by atoms with E-state index in [1.54, 1.807) is 0 Å². The molecule has 2 rings (SSSR count). The summed E-state index contributed by atoms with van der Waals surface area (Å²) in [4.78, 5) is 0. The molecule has 1 aliphatic rings. The first-order chi connectivity index (χ1) is 5.59. The zero-order chi connectivity index (χ0) is 8.77. The van der Waals surface area contributed by atoms with Crippen molar-refractivity contribution in [2.24, 2.45) is 5.41 Å². The van der Waals surface area contributed by atoms with Crippen molar-refractivity contribution in [2.45, 2.75) is 33.1 Å². The predicted octanol–water partition coefficient (Wildman–Crippen LogP) is 3.51. The van der Waals surface area contributed by atoms with Crippen LogP contribution in [0.2, 0.25) is 0 Å². The highest BCUT2D eigenvalue weighted by atomic mass is 14.5. The van der Waals surface area contributed by atoms with Crippen LogP contribution in [0.3, 0.4) is 0 Å². The van der Waals surface area contributed by atoms with Gasteiger partial charge in [-0.2, -0.15) is 0 Å². The van der Waals surface area contributed by atoms with Gasteiger partial charge in [0.05, 0.1) is 0 Å². The molecule has 0 saturated heterocycles. The number of benzene rings is 1. The Morgan fingerprint density at radius 2 is 1.67 bits per heavy atom. The Bertz CT molecular complexity index is 279. The average Bonchev–Trinajstić information content (AvgIpc) is 2.61. The number of rotatable bonds is 1. The summed E-state index contributed by atoms with van der Waals surface area (Å²) in [6.07, 6.45) is 1.36. The summed E-state index contributed by atoms with van der Waals surface area (Å²) in [5, 5.41) is 0. The van der Waals surface area contributed by atoms with Gasteiger partial charge in [0.1, 0.15) is 0 Å². The highest BCUT2D eigenvalue weighted by Gasteiger charge is 2.46. The molecule has 1 aliphatic carbocycles. The molecule has 1 atom stereocenters. The third kappa shape index (κ3) is 1.26. The molecule has 1 aromatic rings. The van der Waals surface area contributed by atoms with E-state index in [9.17, 15) is 0 Å². The molecule has 0 nitrogen and oxygen atoms in total. The molecule has 0 spiro atoms. The first-order valence-electron chi connectivity index (χ1n) is 4.66. The highest BCUT2D eigenvalue weighted by Crippen LogP contribution is 2.58. The summed E-state index contributed by atoms with van der Waals surface area (Å²) in [7, 11) is 0. The van der Waals surface area contributed by atoms with Gasteiger partial charge in [-0.3, -0.25) is 0 Å². The van der Waals surface area contributed by atoms with E-state index in [0.29, 0.717) is 5.41 Å². The lowest BCUT2D eigenvalue weighted by Gasteiger charge is -2.03. The monoisotopic (exact) mass is 160 g/mol. The molecule has 0 bridgehead atoms. The minimum atomic E-state index is 0.565. The van der Waals surface area contributed by atoms with E-state index >= 15 is 0 Å². The number of hydrogen-bond acceptors (Lipinski definition) is 0. The molecule has 0 unspecified atom stereocenters. The summed E-state index contributed by atoms with van der Waals surface area (Å²) in [6.45, 7) is 6.83. The average molecular weight is 160 g/mol. The van der Waals surface area contributed by atoms with E-state index in [0.717, 1.165) is 5.92 Å². The Kier molecular flexibility index (Phi) is 1.54. The molecular weight excluding hydrogens is 144 g/mol. The van der Waals surface area contributed by atoms with Crippen molar-refractivity contribution in [3.63, 3.8) is 0 Å². The molecule has 0 aliphatic heterocycles. The fourth-order valence-electron chi connectivity index (χ4n) is 1.83. The fourth-order valence-corrected chi connectivity index (χ4v) is 1.83. The van der Waals surface area contributed by atoms with Crippen LogP contribution in [-0.2, 0) is 0 Å². The smallest absolute Gasteiger partial charge is 0.0105 e. The summed E-state index contributed by atoms with van der Waals surface area (Å²) in [5.41, 5.74) is 3.44. The third-order valence-corrected chi connectivity index (χ3v) is 2.99. The molecule has 1 saturated carbocycles. The van der Waals surface area contributed by atoms with Crippen molar-refractivity contribution in [3.05, 3.63) is 35.4 Å². The maximum Gasteiger partial charge on any atom is -0.0105 e. The minimum Gasteiger partial charge on any atom is -0.0593 e. The first-order valence-corrected chi connectivity index (χ1v) is 4.66. The Labute approximate surface area is 74.6 Å². The lowest BCUT2D eigenvalue weighted by Crippen LogP contribution is -1.89. The SMILES string of the molecule is Cc1ccc([C@@H]2CC2(C)C)cc1. The lowest BCUT2D eigenvalue weighted by atomic mass is 10.0. The fraction of sp³-hybridized carbons (Fsp3) is 0.500. The summed E-state index contributed by atoms with van der Waals surface area (Å²) in [5.74, 6) is 0.818. The van der Waals surface area contributed by atoms with E-state index < -0.39 is 0 Å². The van der Waals surface area contributed by atoms with Crippen LogP contribution in [0.1, 0.15) is 37.3 Å². The van der Waals surface area contributed by atoms with Gasteiger partial charge in [0.2, 0.25) is 0 Å². The topological polar surface area (TPSA) is 0 Å². The molecule has 1 fully saturated rings. The van der Waals surface area contributed by atoms with Crippen LogP contribution in [-0.4, -0.2) is 0 Å². The van der Waals surface area contributed by atoms with Gasteiger partial charge in [-0.25, -0.2) is 0 Å². The van der Waals surface area contributed by atoms with E-state index in [-0.39, 0.29) is 0 Å². The van der Waals surface area contributed by atoms with Gasteiger partial charge in [-0.05, 0) is 30.2 Å². The second kappa shape index (κ2) is 2.35. The van der Waals surface area contributed by atoms with Crippen LogP contribution in [0.15, 0.2) is 24.3 Å². The molecule has 0 N–H and O–H groups in total.